The summed E-state index contributed by atoms with van der Waals surface area (Å²) in [6, 6.07) is 15.4. The van der Waals surface area contributed by atoms with Gasteiger partial charge in [-0.3, -0.25) is 4.79 Å². The lowest BCUT2D eigenvalue weighted by atomic mass is 10.1. The molecule has 1 aliphatic heterocycles. The molecule has 6 heteroatoms. The summed E-state index contributed by atoms with van der Waals surface area (Å²) in [7, 11) is 0. The van der Waals surface area contributed by atoms with Crippen LogP contribution in [-0.4, -0.2) is 12.7 Å². The third-order valence-electron chi connectivity index (χ3n) is 3.93. The first kappa shape index (κ1) is 17.4. The van der Waals surface area contributed by atoms with Crippen molar-refractivity contribution in [1.29, 1.82) is 5.26 Å². The number of hydrogen-bond donors (Lipinski definition) is 2. The van der Waals surface area contributed by atoms with Crippen molar-refractivity contribution in [2.75, 3.05) is 6.79 Å². The van der Waals surface area contributed by atoms with Gasteiger partial charge in [-0.25, -0.2) is 0 Å². The van der Waals surface area contributed by atoms with Crippen molar-refractivity contribution in [2.45, 2.75) is 20.0 Å². The highest BCUT2D eigenvalue weighted by Gasteiger charge is 2.14. The Kier molecular flexibility index (Phi) is 5.40. The molecular weight excluding hydrogens is 330 g/mol. The SMILES string of the molecule is Cc1ccc(CN/C=C(/C#N)C(=O)NCc2ccc3c(c2)OCO3)cc1. The van der Waals surface area contributed by atoms with Crippen LogP contribution in [0.15, 0.2) is 54.2 Å². The molecule has 2 N–H and O–H groups in total. The van der Waals surface area contributed by atoms with E-state index in [9.17, 15) is 10.1 Å². The van der Waals surface area contributed by atoms with E-state index in [1.54, 1.807) is 6.07 Å². The first-order chi connectivity index (χ1) is 12.7. The number of carbonyl (C=O) groups is 1. The van der Waals surface area contributed by atoms with Crippen LogP contribution in [0.5, 0.6) is 11.5 Å². The van der Waals surface area contributed by atoms with Crippen molar-refractivity contribution in [3.8, 4) is 17.6 Å². The molecule has 0 bridgehead atoms. The standard InChI is InChI=1S/C20H19N3O3/c1-14-2-4-15(5-3-14)10-22-12-17(9-21)20(24)23-11-16-6-7-18-19(8-16)26-13-25-18/h2-8,12,22H,10-11,13H2,1H3,(H,23,24)/b17-12-. The van der Waals surface area contributed by atoms with Crippen LogP contribution in [0.2, 0.25) is 0 Å². The van der Waals surface area contributed by atoms with E-state index in [1.807, 2.05) is 49.4 Å². The van der Waals surface area contributed by atoms with Crippen LogP contribution >= 0.6 is 0 Å². The molecule has 1 aliphatic rings. The predicted molar refractivity (Wildman–Crippen MR) is 96.1 cm³/mol. The Morgan fingerprint density at radius 2 is 1.85 bits per heavy atom. The summed E-state index contributed by atoms with van der Waals surface area (Å²) in [5.74, 6) is 0.923. The fourth-order valence-electron chi connectivity index (χ4n) is 2.45. The first-order valence-corrected chi connectivity index (χ1v) is 8.21. The van der Waals surface area contributed by atoms with Gasteiger partial charge in [0.25, 0.3) is 5.91 Å². The molecule has 26 heavy (non-hydrogen) atoms. The lowest BCUT2D eigenvalue weighted by molar-refractivity contribution is -0.117. The number of nitrogens with zero attached hydrogens (tertiary/aromatic N) is 1. The zero-order valence-corrected chi connectivity index (χ0v) is 14.4. The van der Waals surface area contributed by atoms with Crippen molar-refractivity contribution in [1.82, 2.24) is 10.6 Å². The van der Waals surface area contributed by atoms with Gasteiger partial charge in [0.05, 0.1) is 0 Å². The molecule has 0 unspecified atom stereocenters. The maximum Gasteiger partial charge on any atom is 0.263 e. The lowest BCUT2D eigenvalue weighted by Crippen LogP contribution is -2.25. The van der Waals surface area contributed by atoms with Crippen LogP contribution < -0.4 is 20.1 Å². The number of carbonyl (C=O) groups excluding carboxylic acids is 1. The smallest absolute Gasteiger partial charge is 0.263 e. The highest BCUT2D eigenvalue weighted by molar-refractivity contribution is 5.97. The van der Waals surface area contributed by atoms with Crippen LogP contribution in [0.3, 0.4) is 0 Å². The molecule has 0 saturated heterocycles. The van der Waals surface area contributed by atoms with E-state index < -0.39 is 5.91 Å². The fourth-order valence-corrected chi connectivity index (χ4v) is 2.45. The van der Waals surface area contributed by atoms with E-state index in [-0.39, 0.29) is 12.4 Å². The number of hydrogen-bond acceptors (Lipinski definition) is 5. The summed E-state index contributed by atoms with van der Waals surface area (Å²) in [5, 5.41) is 14.9. The van der Waals surface area contributed by atoms with Gasteiger partial charge >= 0.3 is 0 Å². The van der Waals surface area contributed by atoms with Gasteiger partial charge < -0.3 is 20.1 Å². The number of ether oxygens (including phenoxy) is 2. The molecule has 1 heterocycles. The quantitative estimate of drug-likeness (QED) is 0.618. The molecule has 1 amide bonds. The number of nitriles is 1. The van der Waals surface area contributed by atoms with Gasteiger partial charge in [-0.1, -0.05) is 35.9 Å². The summed E-state index contributed by atoms with van der Waals surface area (Å²) in [6.45, 7) is 3.07. The van der Waals surface area contributed by atoms with Gasteiger partial charge in [0.2, 0.25) is 6.79 Å². The largest absolute Gasteiger partial charge is 0.454 e. The van der Waals surface area contributed by atoms with Crippen molar-refractivity contribution < 1.29 is 14.3 Å². The minimum Gasteiger partial charge on any atom is -0.454 e. The van der Waals surface area contributed by atoms with Gasteiger partial charge in [0.15, 0.2) is 11.5 Å². The summed E-state index contributed by atoms with van der Waals surface area (Å²) < 4.78 is 10.6. The Labute approximate surface area is 152 Å². The number of aryl methyl sites for hydroxylation is 1. The van der Waals surface area contributed by atoms with E-state index >= 15 is 0 Å². The molecule has 0 radical (unpaired) electrons. The van der Waals surface area contributed by atoms with Crippen LogP contribution in [0.25, 0.3) is 0 Å². The summed E-state index contributed by atoms with van der Waals surface area (Å²) in [5.41, 5.74) is 3.15. The van der Waals surface area contributed by atoms with E-state index in [1.165, 1.54) is 11.8 Å². The number of amides is 1. The second kappa shape index (κ2) is 8.08. The van der Waals surface area contributed by atoms with Crippen molar-refractivity contribution >= 4 is 5.91 Å². The average molecular weight is 349 g/mol. The molecule has 0 spiro atoms. The summed E-state index contributed by atoms with van der Waals surface area (Å²) in [4.78, 5) is 12.2. The molecule has 0 aliphatic carbocycles. The van der Waals surface area contributed by atoms with Crippen LogP contribution in [0, 0.1) is 18.3 Å². The highest BCUT2D eigenvalue weighted by Crippen LogP contribution is 2.32. The third kappa shape index (κ3) is 4.33. The summed E-state index contributed by atoms with van der Waals surface area (Å²) >= 11 is 0. The molecule has 0 atom stereocenters. The number of nitrogens with one attached hydrogen (secondary N) is 2. The van der Waals surface area contributed by atoms with Crippen LogP contribution in [-0.2, 0) is 17.9 Å². The van der Waals surface area contributed by atoms with Crippen molar-refractivity contribution in [3.05, 3.63) is 70.9 Å². The van der Waals surface area contributed by atoms with E-state index in [0.717, 1.165) is 11.1 Å². The fraction of sp³-hybridized carbons (Fsp3) is 0.200. The maximum atomic E-state index is 12.2. The van der Waals surface area contributed by atoms with E-state index in [2.05, 4.69) is 10.6 Å². The summed E-state index contributed by atoms with van der Waals surface area (Å²) in [6.07, 6.45) is 1.44. The number of fused-ring (bicyclic) bond motifs is 1. The highest BCUT2D eigenvalue weighted by atomic mass is 16.7. The van der Waals surface area contributed by atoms with Crippen LogP contribution in [0.1, 0.15) is 16.7 Å². The number of rotatable bonds is 6. The van der Waals surface area contributed by atoms with Gasteiger partial charge in [-0.05, 0) is 30.2 Å². The van der Waals surface area contributed by atoms with Gasteiger partial charge in [-0.2, -0.15) is 5.26 Å². The minimum absolute atomic E-state index is 0.0258. The average Bonchev–Trinajstić information content (AvgIpc) is 3.12. The second-order valence-corrected chi connectivity index (χ2v) is 5.91. The zero-order valence-electron chi connectivity index (χ0n) is 14.4. The predicted octanol–water partition coefficient (Wildman–Crippen LogP) is 2.54. The van der Waals surface area contributed by atoms with E-state index in [0.29, 0.717) is 24.6 Å². The molecular formula is C20H19N3O3. The van der Waals surface area contributed by atoms with E-state index in [4.69, 9.17) is 9.47 Å². The Morgan fingerprint density at radius 3 is 2.62 bits per heavy atom. The second-order valence-electron chi connectivity index (χ2n) is 5.91. The Hall–Kier alpha value is -3.46. The normalized spacial score (nSPS) is 12.4. The first-order valence-electron chi connectivity index (χ1n) is 8.21. The lowest BCUT2D eigenvalue weighted by Gasteiger charge is -2.06. The molecule has 132 valence electrons. The van der Waals surface area contributed by atoms with Gasteiger partial charge in [0.1, 0.15) is 11.6 Å². The van der Waals surface area contributed by atoms with Crippen molar-refractivity contribution in [3.63, 3.8) is 0 Å². The Balaban J connectivity index is 1.53. The van der Waals surface area contributed by atoms with Crippen LogP contribution in [0.4, 0.5) is 0 Å². The molecule has 2 aromatic rings. The topological polar surface area (TPSA) is 83.4 Å². The zero-order chi connectivity index (χ0) is 18.4. The third-order valence-corrected chi connectivity index (χ3v) is 3.93. The molecule has 2 aromatic carbocycles. The molecule has 3 rings (SSSR count). The molecule has 6 nitrogen and oxygen atoms in total. The number of benzene rings is 2. The molecule has 0 aromatic heterocycles. The Bertz CT molecular complexity index is 867. The van der Waals surface area contributed by atoms with Gasteiger partial charge in [-0.15, -0.1) is 0 Å². The molecule has 0 saturated carbocycles. The Morgan fingerprint density at radius 1 is 1.12 bits per heavy atom. The maximum absolute atomic E-state index is 12.2. The van der Waals surface area contributed by atoms with Crippen molar-refractivity contribution in [2.24, 2.45) is 0 Å². The minimum atomic E-state index is -0.429. The monoisotopic (exact) mass is 349 g/mol. The molecule has 0 fully saturated rings. The van der Waals surface area contributed by atoms with Gasteiger partial charge in [0, 0.05) is 19.3 Å².